The van der Waals surface area contributed by atoms with Crippen LogP contribution in [0.15, 0.2) is 64.5 Å². The number of rotatable bonds is 6. The molecular weight excluding hydrogens is 506 g/mol. The summed E-state index contributed by atoms with van der Waals surface area (Å²) in [5.41, 5.74) is 3.00. The van der Waals surface area contributed by atoms with Crippen LogP contribution in [0.1, 0.15) is 40.6 Å². The maximum atomic E-state index is 13.8. The first kappa shape index (κ1) is 23.6. The third kappa shape index (κ3) is 4.25. The number of nitrogens with one attached hydrogen (secondary N) is 1. The van der Waals surface area contributed by atoms with Crippen LogP contribution >= 0.6 is 23.1 Å². The van der Waals surface area contributed by atoms with E-state index in [2.05, 4.69) is 15.5 Å². The number of para-hydroxylation sites is 1. The number of thiophene rings is 1. The summed E-state index contributed by atoms with van der Waals surface area (Å²) in [7, 11) is 0. The summed E-state index contributed by atoms with van der Waals surface area (Å²) in [6, 6.07) is 16.3. The molecule has 0 saturated carbocycles. The molecule has 0 atom stereocenters. The van der Waals surface area contributed by atoms with E-state index in [1.165, 1.54) is 23.6 Å². The Kier molecular flexibility index (Phi) is 6.13. The van der Waals surface area contributed by atoms with Crippen LogP contribution in [0.3, 0.4) is 0 Å². The molecule has 8 nitrogen and oxygen atoms in total. The monoisotopic (exact) mass is 529 g/mol. The minimum absolute atomic E-state index is 0.0253. The van der Waals surface area contributed by atoms with E-state index in [-0.39, 0.29) is 23.0 Å². The number of Topliss-reactive ketones (excluding diaryl/α,β-unsaturated/α-hetero) is 1. The van der Waals surface area contributed by atoms with Gasteiger partial charge < -0.3 is 5.32 Å². The van der Waals surface area contributed by atoms with Crippen LogP contribution in [-0.2, 0) is 17.6 Å². The lowest BCUT2D eigenvalue weighted by molar-refractivity contribution is -0.113. The number of carbonyl (C=O) groups is 2. The quantitative estimate of drug-likeness (QED) is 0.248. The van der Waals surface area contributed by atoms with Gasteiger partial charge >= 0.3 is 0 Å². The van der Waals surface area contributed by atoms with Crippen LogP contribution in [0.2, 0.25) is 0 Å². The zero-order valence-electron chi connectivity index (χ0n) is 20.1. The van der Waals surface area contributed by atoms with Crippen molar-refractivity contribution >= 4 is 56.5 Å². The third-order valence-corrected chi connectivity index (χ3v) is 8.72. The number of anilines is 1. The number of carbonyl (C=O) groups excluding carboxylic acids is 2. The highest BCUT2D eigenvalue weighted by Gasteiger charge is 2.25. The zero-order valence-corrected chi connectivity index (χ0v) is 21.7. The summed E-state index contributed by atoms with van der Waals surface area (Å²) in [4.78, 5) is 40.1. The smallest absolute Gasteiger partial charge is 0.268 e. The van der Waals surface area contributed by atoms with E-state index in [9.17, 15) is 14.4 Å². The first-order valence-corrected chi connectivity index (χ1v) is 13.8. The van der Waals surface area contributed by atoms with E-state index >= 15 is 0 Å². The Morgan fingerprint density at radius 1 is 1.03 bits per heavy atom. The molecule has 10 heteroatoms. The predicted molar refractivity (Wildman–Crippen MR) is 146 cm³/mol. The third-order valence-electron chi connectivity index (χ3n) is 6.51. The van der Waals surface area contributed by atoms with Crippen LogP contribution in [0.5, 0.6) is 0 Å². The van der Waals surface area contributed by atoms with E-state index in [0.717, 1.165) is 47.2 Å². The van der Waals surface area contributed by atoms with E-state index in [4.69, 9.17) is 0 Å². The van der Waals surface area contributed by atoms with E-state index in [1.54, 1.807) is 40.2 Å². The molecule has 1 aliphatic carbocycles. The largest absolute Gasteiger partial charge is 0.325 e. The van der Waals surface area contributed by atoms with Crippen LogP contribution in [0, 0.1) is 0 Å². The maximum absolute atomic E-state index is 13.8. The highest BCUT2D eigenvalue weighted by molar-refractivity contribution is 7.99. The van der Waals surface area contributed by atoms with Gasteiger partial charge in [-0.2, -0.15) is 0 Å². The van der Waals surface area contributed by atoms with Gasteiger partial charge in [0.1, 0.15) is 4.83 Å². The van der Waals surface area contributed by atoms with Gasteiger partial charge in [-0.15, -0.1) is 21.5 Å². The van der Waals surface area contributed by atoms with Crippen LogP contribution in [0.25, 0.3) is 21.7 Å². The molecule has 1 N–H and O–H groups in total. The molecule has 2 aromatic carbocycles. The van der Waals surface area contributed by atoms with Crippen molar-refractivity contribution in [1.82, 2.24) is 19.2 Å². The molecule has 186 valence electrons. The molecule has 0 radical (unpaired) electrons. The van der Waals surface area contributed by atoms with Crippen molar-refractivity contribution in [2.24, 2.45) is 0 Å². The van der Waals surface area contributed by atoms with Gasteiger partial charge in [0.2, 0.25) is 11.7 Å². The van der Waals surface area contributed by atoms with Gasteiger partial charge in [0, 0.05) is 16.1 Å². The van der Waals surface area contributed by atoms with E-state index in [0.29, 0.717) is 22.2 Å². The fraction of sp³-hybridized carbons (Fsp3) is 0.222. The lowest BCUT2D eigenvalue weighted by Gasteiger charge is -2.12. The second kappa shape index (κ2) is 9.60. The number of hydrogen-bond donors (Lipinski definition) is 1. The summed E-state index contributed by atoms with van der Waals surface area (Å²) >= 11 is 2.91. The number of amides is 1. The molecule has 0 spiro atoms. The molecule has 3 heterocycles. The standard InChI is InChI=1S/C27H23N5O3S2/c1-16(33)17-11-13-18(14-12-17)28-22(34)15-36-27-30-29-26-31(19-7-3-2-4-8-19)24(35)23-20-9-5-6-10-21(20)37-25(23)32(26)27/h2-4,7-8,11-14H,5-6,9-10,15H2,1H3,(H,28,34). The Morgan fingerprint density at radius 3 is 2.54 bits per heavy atom. The van der Waals surface area contributed by atoms with E-state index in [1.807, 2.05) is 34.7 Å². The molecule has 0 aliphatic heterocycles. The maximum Gasteiger partial charge on any atom is 0.268 e. The lowest BCUT2D eigenvalue weighted by atomic mass is 9.97. The number of hydrogen-bond acceptors (Lipinski definition) is 7. The Hall–Kier alpha value is -3.76. The van der Waals surface area contributed by atoms with Crippen molar-refractivity contribution in [3.05, 3.63) is 81.0 Å². The number of benzene rings is 2. The zero-order chi connectivity index (χ0) is 25.5. The van der Waals surface area contributed by atoms with Crippen LogP contribution in [-0.4, -0.2) is 36.6 Å². The topological polar surface area (TPSA) is 98.4 Å². The molecule has 0 unspecified atom stereocenters. The summed E-state index contributed by atoms with van der Waals surface area (Å²) < 4.78 is 3.55. The predicted octanol–water partition coefficient (Wildman–Crippen LogP) is 4.91. The second-order valence-electron chi connectivity index (χ2n) is 8.96. The molecular formula is C27H23N5O3S2. The molecule has 1 aliphatic rings. The SMILES string of the molecule is CC(=O)c1ccc(NC(=O)CSc2nnc3n(-c4ccccc4)c(=O)c4c5c(sc4n23)CCCC5)cc1. The highest BCUT2D eigenvalue weighted by Crippen LogP contribution is 2.36. The van der Waals surface area contributed by atoms with Gasteiger partial charge in [0.25, 0.3) is 5.56 Å². The van der Waals surface area contributed by atoms with Crippen molar-refractivity contribution in [2.45, 2.75) is 37.8 Å². The summed E-state index contributed by atoms with van der Waals surface area (Å²) in [5.74, 6) is 0.329. The molecule has 1 amide bonds. The Balaban J connectivity index is 1.38. The first-order chi connectivity index (χ1) is 18.0. The van der Waals surface area contributed by atoms with Crippen LogP contribution in [0.4, 0.5) is 5.69 Å². The van der Waals surface area contributed by atoms with Gasteiger partial charge in [-0.05, 0) is 74.6 Å². The van der Waals surface area contributed by atoms with Gasteiger partial charge in [-0.1, -0.05) is 30.0 Å². The van der Waals surface area contributed by atoms with Crippen molar-refractivity contribution in [2.75, 3.05) is 11.1 Å². The molecule has 6 rings (SSSR count). The van der Waals surface area contributed by atoms with Crippen molar-refractivity contribution in [3.63, 3.8) is 0 Å². The Bertz CT molecular complexity index is 1720. The lowest BCUT2D eigenvalue weighted by Crippen LogP contribution is -2.22. The van der Waals surface area contributed by atoms with Crippen LogP contribution < -0.4 is 10.9 Å². The highest BCUT2D eigenvalue weighted by atomic mass is 32.2. The first-order valence-electron chi connectivity index (χ1n) is 12.0. The summed E-state index contributed by atoms with van der Waals surface area (Å²) in [5, 5.41) is 12.9. The number of nitrogens with zero attached hydrogens (tertiary/aromatic N) is 4. The average molecular weight is 530 g/mol. The number of thioether (sulfide) groups is 1. The van der Waals surface area contributed by atoms with E-state index < -0.39 is 0 Å². The van der Waals surface area contributed by atoms with Crippen molar-refractivity contribution in [3.8, 4) is 5.69 Å². The van der Waals surface area contributed by atoms with Crippen molar-refractivity contribution < 1.29 is 9.59 Å². The van der Waals surface area contributed by atoms with Gasteiger partial charge in [0.15, 0.2) is 10.9 Å². The minimum Gasteiger partial charge on any atom is -0.325 e. The molecule has 0 bridgehead atoms. The minimum atomic E-state index is -0.199. The summed E-state index contributed by atoms with van der Waals surface area (Å²) in [6.07, 6.45) is 4.04. The molecule has 0 saturated heterocycles. The fourth-order valence-electron chi connectivity index (χ4n) is 4.74. The normalized spacial score (nSPS) is 13.1. The van der Waals surface area contributed by atoms with Gasteiger partial charge in [-0.3, -0.25) is 14.4 Å². The average Bonchev–Trinajstić information content (AvgIpc) is 3.50. The summed E-state index contributed by atoms with van der Waals surface area (Å²) in [6.45, 7) is 1.51. The fourth-order valence-corrected chi connectivity index (χ4v) is 6.91. The van der Waals surface area contributed by atoms with Gasteiger partial charge in [0.05, 0.1) is 16.8 Å². The Labute approximate surface area is 220 Å². The van der Waals surface area contributed by atoms with Crippen molar-refractivity contribution in [1.29, 1.82) is 0 Å². The van der Waals surface area contributed by atoms with Gasteiger partial charge in [-0.25, -0.2) is 8.97 Å². The number of aryl methyl sites for hydroxylation is 2. The molecule has 0 fully saturated rings. The molecule has 37 heavy (non-hydrogen) atoms. The Morgan fingerprint density at radius 2 is 1.78 bits per heavy atom. The molecule has 3 aromatic heterocycles. The number of ketones is 1. The number of aromatic nitrogens is 4. The second-order valence-corrected chi connectivity index (χ2v) is 11.0. The number of fused-ring (bicyclic) bond motifs is 5. The molecule has 5 aromatic rings.